The van der Waals surface area contributed by atoms with Crippen molar-refractivity contribution in [3.63, 3.8) is 0 Å². The number of nitrogens with one attached hydrogen (secondary N) is 1. The molecular weight excluding hydrogens is 306 g/mol. The Balaban J connectivity index is 1.36. The molecule has 1 saturated heterocycles. The molecule has 1 atom stereocenters. The summed E-state index contributed by atoms with van der Waals surface area (Å²) in [5.74, 6) is 0.755. The van der Waals surface area contributed by atoms with Gasteiger partial charge in [0.05, 0.1) is 5.56 Å². The van der Waals surface area contributed by atoms with E-state index in [1.165, 1.54) is 0 Å². The molecule has 0 bridgehead atoms. The summed E-state index contributed by atoms with van der Waals surface area (Å²) in [6, 6.07) is 3.56. The third-order valence-electron chi connectivity index (χ3n) is 4.88. The highest BCUT2D eigenvalue weighted by Crippen LogP contribution is 2.32. The topological polar surface area (TPSA) is 79.6 Å². The standard InChI is InChI=1S/C17H21N5O2/c23-16(14-4-2-8-22-11-19-20-15(14)22)18-9-12-3-1-7-21(10-12)17(24)13-5-6-13/h2,4,8,11-13H,1,3,5-7,9-10H2,(H,18,23). The Bertz CT molecular complexity index is 767. The average Bonchev–Trinajstić information content (AvgIpc) is 3.35. The van der Waals surface area contributed by atoms with Crippen molar-refractivity contribution in [2.45, 2.75) is 25.7 Å². The van der Waals surface area contributed by atoms with Gasteiger partial charge in [0.15, 0.2) is 5.65 Å². The minimum Gasteiger partial charge on any atom is -0.352 e. The molecule has 7 nitrogen and oxygen atoms in total. The summed E-state index contributed by atoms with van der Waals surface area (Å²) in [6.07, 6.45) is 7.53. The zero-order valence-electron chi connectivity index (χ0n) is 13.5. The van der Waals surface area contributed by atoms with E-state index in [1.54, 1.807) is 16.8 Å². The second-order valence-corrected chi connectivity index (χ2v) is 6.76. The minimum atomic E-state index is -0.140. The monoisotopic (exact) mass is 327 g/mol. The first-order valence-electron chi connectivity index (χ1n) is 8.57. The van der Waals surface area contributed by atoms with Crippen molar-refractivity contribution in [2.75, 3.05) is 19.6 Å². The number of nitrogens with zero attached hydrogens (tertiary/aromatic N) is 4. The van der Waals surface area contributed by atoms with E-state index in [9.17, 15) is 9.59 Å². The number of hydrogen-bond acceptors (Lipinski definition) is 4. The lowest BCUT2D eigenvalue weighted by atomic mass is 9.97. The number of carbonyl (C=O) groups is 2. The zero-order valence-corrected chi connectivity index (χ0v) is 13.5. The molecule has 0 spiro atoms. The maximum absolute atomic E-state index is 12.5. The third-order valence-corrected chi connectivity index (χ3v) is 4.88. The van der Waals surface area contributed by atoms with Crippen LogP contribution in [0.3, 0.4) is 0 Å². The Hall–Kier alpha value is -2.44. The SMILES string of the molecule is O=C(NCC1CCCN(C(=O)C2CC2)C1)c1cccn2cnnc12. The van der Waals surface area contributed by atoms with Crippen LogP contribution < -0.4 is 5.32 Å². The van der Waals surface area contributed by atoms with Crippen LogP contribution in [0, 0.1) is 11.8 Å². The van der Waals surface area contributed by atoms with E-state index in [2.05, 4.69) is 15.5 Å². The zero-order chi connectivity index (χ0) is 16.5. The molecule has 1 aliphatic carbocycles. The normalized spacial score (nSPS) is 21.0. The fourth-order valence-corrected chi connectivity index (χ4v) is 3.38. The highest BCUT2D eigenvalue weighted by Gasteiger charge is 2.35. The van der Waals surface area contributed by atoms with Crippen LogP contribution in [0.5, 0.6) is 0 Å². The first-order chi connectivity index (χ1) is 11.7. The van der Waals surface area contributed by atoms with Gasteiger partial charge in [0.25, 0.3) is 5.91 Å². The highest BCUT2D eigenvalue weighted by molar-refractivity contribution is 5.99. The summed E-state index contributed by atoms with van der Waals surface area (Å²) in [5, 5.41) is 10.8. The summed E-state index contributed by atoms with van der Waals surface area (Å²) >= 11 is 0. The number of fused-ring (bicyclic) bond motifs is 1. The Morgan fingerprint density at radius 1 is 1.29 bits per heavy atom. The van der Waals surface area contributed by atoms with Gasteiger partial charge in [-0.1, -0.05) is 0 Å². The number of aromatic nitrogens is 3. The van der Waals surface area contributed by atoms with Gasteiger partial charge < -0.3 is 10.2 Å². The molecule has 0 aromatic carbocycles. The molecule has 2 fully saturated rings. The van der Waals surface area contributed by atoms with Crippen molar-refractivity contribution in [1.82, 2.24) is 24.8 Å². The quantitative estimate of drug-likeness (QED) is 0.912. The van der Waals surface area contributed by atoms with Gasteiger partial charge in [0.1, 0.15) is 6.33 Å². The van der Waals surface area contributed by atoms with E-state index in [0.29, 0.717) is 29.6 Å². The lowest BCUT2D eigenvalue weighted by molar-refractivity contribution is -0.134. The Labute approximate surface area is 140 Å². The number of piperidine rings is 1. The molecule has 2 aliphatic rings. The van der Waals surface area contributed by atoms with Gasteiger partial charge in [-0.2, -0.15) is 0 Å². The van der Waals surface area contributed by atoms with E-state index in [-0.39, 0.29) is 11.8 Å². The largest absolute Gasteiger partial charge is 0.352 e. The molecular formula is C17H21N5O2. The van der Waals surface area contributed by atoms with Crippen LogP contribution in [-0.4, -0.2) is 50.9 Å². The van der Waals surface area contributed by atoms with Crippen LogP contribution in [0.2, 0.25) is 0 Å². The molecule has 1 saturated carbocycles. The number of hydrogen-bond donors (Lipinski definition) is 1. The highest BCUT2D eigenvalue weighted by atomic mass is 16.2. The van der Waals surface area contributed by atoms with Gasteiger partial charge in [-0.25, -0.2) is 0 Å². The molecule has 24 heavy (non-hydrogen) atoms. The lowest BCUT2D eigenvalue weighted by Gasteiger charge is -2.33. The molecule has 0 radical (unpaired) electrons. The molecule has 3 heterocycles. The number of likely N-dealkylation sites (tertiary alicyclic amines) is 1. The van der Waals surface area contributed by atoms with Crippen molar-refractivity contribution < 1.29 is 9.59 Å². The van der Waals surface area contributed by atoms with Crippen molar-refractivity contribution in [3.8, 4) is 0 Å². The Morgan fingerprint density at radius 3 is 3.00 bits per heavy atom. The van der Waals surface area contributed by atoms with Gasteiger partial charge in [-0.05, 0) is 43.7 Å². The van der Waals surface area contributed by atoms with Gasteiger partial charge in [-0.15, -0.1) is 10.2 Å². The maximum Gasteiger partial charge on any atom is 0.255 e. The fraction of sp³-hybridized carbons (Fsp3) is 0.529. The lowest BCUT2D eigenvalue weighted by Crippen LogP contribution is -2.44. The summed E-state index contributed by atoms with van der Waals surface area (Å²) in [4.78, 5) is 26.6. The summed E-state index contributed by atoms with van der Waals surface area (Å²) < 4.78 is 1.73. The number of carbonyl (C=O) groups excluding carboxylic acids is 2. The smallest absolute Gasteiger partial charge is 0.255 e. The molecule has 1 aliphatic heterocycles. The van der Waals surface area contributed by atoms with Crippen molar-refractivity contribution in [2.24, 2.45) is 11.8 Å². The summed E-state index contributed by atoms with van der Waals surface area (Å²) in [6.45, 7) is 2.20. The molecule has 2 amide bonds. The van der Waals surface area contributed by atoms with Crippen LogP contribution in [0.25, 0.3) is 5.65 Å². The minimum absolute atomic E-state index is 0.140. The van der Waals surface area contributed by atoms with Gasteiger partial charge >= 0.3 is 0 Å². The van der Waals surface area contributed by atoms with Gasteiger partial charge in [0.2, 0.25) is 5.91 Å². The maximum atomic E-state index is 12.5. The van der Waals surface area contributed by atoms with Crippen LogP contribution >= 0.6 is 0 Å². The molecule has 2 aromatic heterocycles. The van der Waals surface area contributed by atoms with Crippen molar-refractivity contribution in [3.05, 3.63) is 30.2 Å². The van der Waals surface area contributed by atoms with E-state index in [4.69, 9.17) is 0 Å². The number of rotatable bonds is 4. The van der Waals surface area contributed by atoms with E-state index in [1.807, 2.05) is 17.2 Å². The van der Waals surface area contributed by atoms with E-state index < -0.39 is 0 Å². The predicted molar refractivity (Wildman–Crippen MR) is 87.3 cm³/mol. The van der Waals surface area contributed by atoms with E-state index in [0.717, 1.165) is 38.8 Å². The number of pyridine rings is 1. The molecule has 7 heteroatoms. The first-order valence-corrected chi connectivity index (χ1v) is 8.57. The van der Waals surface area contributed by atoms with Gasteiger partial charge in [-0.3, -0.25) is 14.0 Å². The van der Waals surface area contributed by atoms with Crippen molar-refractivity contribution in [1.29, 1.82) is 0 Å². The van der Waals surface area contributed by atoms with Gasteiger partial charge in [0, 0.05) is 31.7 Å². The van der Waals surface area contributed by atoms with E-state index >= 15 is 0 Å². The second kappa shape index (κ2) is 6.22. The second-order valence-electron chi connectivity index (χ2n) is 6.76. The fourth-order valence-electron chi connectivity index (χ4n) is 3.38. The molecule has 1 unspecified atom stereocenters. The van der Waals surface area contributed by atoms with Crippen LogP contribution in [0.1, 0.15) is 36.0 Å². The Kier molecular flexibility index (Phi) is 3.92. The third kappa shape index (κ3) is 2.98. The average molecular weight is 327 g/mol. The van der Waals surface area contributed by atoms with Crippen LogP contribution in [-0.2, 0) is 4.79 Å². The number of amides is 2. The molecule has 2 aromatic rings. The van der Waals surface area contributed by atoms with Crippen LogP contribution in [0.15, 0.2) is 24.7 Å². The summed E-state index contributed by atoms with van der Waals surface area (Å²) in [5.41, 5.74) is 1.08. The Morgan fingerprint density at radius 2 is 2.17 bits per heavy atom. The molecule has 4 rings (SSSR count). The molecule has 1 N–H and O–H groups in total. The molecule has 126 valence electrons. The first kappa shape index (κ1) is 15.1. The van der Waals surface area contributed by atoms with Crippen LogP contribution in [0.4, 0.5) is 0 Å². The predicted octanol–water partition coefficient (Wildman–Crippen LogP) is 1.11. The van der Waals surface area contributed by atoms with Crippen molar-refractivity contribution >= 4 is 17.5 Å². The summed E-state index contributed by atoms with van der Waals surface area (Å²) in [7, 11) is 0.